The van der Waals surface area contributed by atoms with Gasteiger partial charge in [0.1, 0.15) is 0 Å². The lowest BCUT2D eigenvalue weighted by atomic mass is 10.0. The van der Waals surface area contributed by atoms with Crippen LogP contribution >= 0.6 is 0 Å². The molecule has 0 radical (unpaired) electrons. The molecular weight excluding hydrogens is 220 g/mol. The van der Waals surface area contributed by atoms with E-state index in [1.54, 1.807) is 6.92 Å². The van der Waals surface area contributed by atoms with Crippen molar-refractivity contribution >= 4 is 11.8 Å². The molecule has 0 aromatic heterocycles. The molecule has 6 heteroatoms. The Labute approximate surface area is 103 Å². The lowest BCUT2D eigenvalue weighted by molar-refractivity contribution is -0.128. The standard InChI is InChI=1S/C11H24N4O2/c1-7(2)13-10(16)6-15(5)9(4)8(3)11(17)14-12/h7-9H,6,12H2,1-5H3,(H,13,16)(H,14,17). The molecule has 0 saturated heterocycles. The Hall–Kier alpha value is -1.14. The zero-order valence-electron chi connectivity index (χ0n) is 11.3. The maximum absolute atomic E-state index is 11.6. The van der Waals surface area contributed by atoms with Crippen LogP contribution < -0.4 is 16.6 Å². The lowest BCUT2D eigenvalue weighted by Crippen LogP contribution is -2.48. The summed E-state index contributed by atoms with van der Waals surface area (Å²) in [5.74, 6) is 4.54. The van der Waals surface area contributed by atoms with E-state index < -0.39 is 0 Å². The highest BCUT2D eigenvalue weighted by molar-refractivity contribution is 5.79. The molecule has 100 valence electrons. The molecule has 6 nitrogen and oxygen atoms in total. The molecule has 0 bridgehead atoms. The van der Waals surface area contributed by atoms with Crippen molar-refractivity contribution in [3.05, 3.63) is 0 Å². The van der Waals surface area contributed by atoms with E-state index in [-0.39, 0.29) is 36.4 Å². The lowest BCUT2D eigenvalue weighted by Gasteiger charge is -2.28. The normalized spacial score (nSPS) is 14.6. The second-order valence-electron chi connectivity index (χ2n) is 4.68. The van der Waals surface area contributed by atoms with Crippen LogP contribution in [-0.2, 0) is 9.59 Å². The minimum Gasteiger partial charge on any atom is -0.353 e. The van der Waals surface area contributed by atoms with Crippen LogP contribution in [0.25, 0.3) is 0 Å². The number of amides is 2. The minimum atomic E-state index is -0.267. The first-order chi connectivity index (χ1) is 7.79. The summed E-state index contributed by atoms with van der Waals surface area (Å²) >= 11 is 0. The molecule has 0 aliphatic carbocycles. The smallest absolute Gasteiger partial charge is 0.238 e. The zero-order chi connectivity index (χ0) is 13.6. The van der Waals surface area contributed by atoms with Crippen LogP contribution in [0.5, 0.6) is 0 Å². The van der Waals surface area contributed by atoms with Crippen LogP contribution in [0.1, 0.15) is 27.7 Å². The molecule has 0 spiro atoms. The molecule has 0 aromatic carbocycles. The number of nitrogens with two attached hydrogens (primary N) is 1. The molecule has 0 rings (SSSR count). The van der Waals surface area contributed by atoms with Gasteiger partial charge >= 0.3 is 0 Å². The van der Waals surface area contributed by atoms with Gasteiger partial charge < -0.3 is 5.32 Å². The Kier molecular flexibility index (Phi) is 6.75. The van der Waals surface area contributed by atoms with Gasteiger partial charge in [0.05, 0.1) is 12.5 Å². The van der Waals surface area contributed by atoms with Gasteiger partial charge in [0.15, 0.2) is 0 Å². The van der Waals surface area contributed by atoms with Crippen LogP contribution in [0.2, 0.25) is 0 Å². The first-order valence-electron chi connectivity index (χ1n) is 5.79. The molecule has 0 aliphatic heterocycles. The molecule has 0 saturated carbocycles. The molecule has 2 unspecified atom stereocenters. The number of hydrogen-bond acceptors (Lipinski definition) is 4. The summed E-state index contributed by atoms with van der Waals surface area (Å²) in [7, 11) is 1.81. The average Bonchev–Trinajstić information content (AvgIpc) is 2.24. The number of nitrogens with zero attached hydrogens (tertiary/aromatic N) is 1. The average molecular weight is 244 g/mol. The van der Waals surface area contributed by atoms with Gasteiger partial charge in [-0.2, -0.15) is 0 Å². The summed E-state index contributed by atoms with van der Waals surface area (Å²) < 4.78 is 0. The van der Waals surface area contributed by atoms with Crippen molar-refractivity contribution in [2.24, 2.45) is 11.8 Å². The minimum absolute atomic E-state index is 0.0466. The molecule has 4 N–H and O–H groups in total. The van der Waals surface area contributed by atoms with Gasteiger partial charge in [-0.25, -0.2) is 5.84 Å². The largest absolute Gasteiger partial charge is 0.353 e. The third kappa shape index (κ3) is 5.65. The number of rotatable bonds is 6. The van der Waals surface area contributed by atoms with E-state index in [1.807, 2.05) is 32.7 Å². The van der Waals surface area contributed by atoms with Crippen molar-refractivity contribution < 1.29 is 9.59 Å². The van der Waals surface area contributed by atoms with Crippen molar-refractivity contribution in [2.45, 2.75) is 39.8 Å². The molecule has 0 aromatic rings. The number of likely N-dealkylation sites (N-methyl/N-ethyl adjacent to an activating group) is 1. The Bertz CT molecular complexity index is 268. The van der Waals surface area contributed by atoms with Crippen LogP contribution in [0.3, 0.4) is 0 Å². The molecule has 0 aliphatic rings. The van der Waals surface area contributed by atoms with Gasteiger partial charge in [-0.15, -0.1) is 0 Å². The SMILES string of the molecule is CC(C)NC(=O)CN(C)C(C)C(C)C(=O)NN. The Morgan fingerprint density at radius 1 is 1.24 bits per heavy atom. The maximum atomic E-state index is 11.6. The summed E-state index contributed by atoms with van der Waals surface area (Å²) in [4.78, 5) is 24.7. The number of nitrogens with one attached hydrogen (secondary N) is 2. The van der Waals surface area contributed by atoms with Gasteiger partial charge in [0.25, 0.3) is 0 Å². The van der Waals surface area contributed by atoms with Gasteiger partial charge in [-0.3, -0.25) is 19.9 Å². The quantitative estimate of drug-likeness (QED) is 0.332. The number of carbonyl (C=O) groups excluding carboxylic acids is 2. The molecule has 2 amide bonds. The Morgan fingerprint density at radius 3 is 2.18 bits per heavy atom. The van der Waals surface area contributed by atoms with E-state index in [0.717, 1.165) is 0 Å². The van der Waals surface area contributed by atoms with Crippen molar-refractivity contribution in [3.63, 3.8) is 0 Å². The molecule has 17 heavy (non-hydrogen) atoms. The molecular formula is C11H24N4O2. The summed E-state index contributed by atoms with van der Waals surface area (Å²) in [5.41, 5.74) is 2.12. The van der Waals surface area contributed by atoms with E-state index in [4.69, 9.17) is 5.84 Å². The highest BCUT2D eigenvalue weighted by Gasteiger charge is 2.24. The number of hydrazine groups is 1. The third-order valence-corrected chi connectivity index (χ3v) is 2.82. The van der Waals surface area contributed by atoms with E-state index in [1.165, 1.54) is 0 Å². The van der Waals surface area contributed by atoms with E-state index in [2.05, 4.69) is 10.7 Å². The van der Waals surface area contributed by atoms with Crippen LogP contribution in [0.15, 0.2) is 0 Å². The predicted octanol–water partition coefficient (Wildman–Crippen LogP) is -0.543. The zero-order valence-corrected chi connectivity index (χ0v) is 11.3. The van der Waals surface area contributed by atoms with Gasteiger partial charge in [-0.1, -0.05) is 6.92 Å². The Morgan fingerprint density at radius 2 is 1.76 bits per heavy atom. The Balaban J connectivity index is 4.26. The second kappa shape index (κ2) is 7.24. The van der Waals surface area contributed by atoms with Gasteiger partial charge in [-0.05, 0) is 27.8 Å². The van der Waals surface area contributed by atoms with Crippen molar-refractivity contribution in [1.29, 1.82) is 0 Å². The topological polar surface area (TPSA) is 87.5 Å². The fraction of sp³-hybridized carbons (Fsp3) is 0.818. The fourth-order valence-electron chi connectivity index (χ4n) is 1.47. The number of carbonyl (C=O) groups is 2. The predicted molar refractivity (Wildman–Crippen MR) is 66.9 cm³/mol. The van der Waals surface area contributed by atoms with Gasteiger partial charge in [0, 0.05) is 12.1 Å². The number of hydrogen-bond donors (Lipinski definition) is 3. The van der Waals surface area contributed by atoms with E-state index in [9.17, 15) is 9.59 Å². The van der Waals surface area contributed by atoms with Crippen molar-refractivity contribution in [1.82, 2.24) is 15.6 Å². The third-order valence-electron chi connectivity index (χ3n) is 2.82. The highest BCUT2D eigenvalue weighted by atomic mass is 16.2. The second-order valence-corrected chi connectivity index (χ2v) is 4.68. The summed E-state index contributed by atoms with van der Waals surface area (Å²) in [6.07, 6.45) is 0. The fourth-order valence-corrected chi connectivity index (χ4v) is 1.47. The molecule has 0 heterocycles. The molecule has 2 atom stereocenters. The highest BCUT2D eigenvalue weighted by Crippen LogP contribution is 2.08. The van der Waals surface area contributed by atoms with E-state index >= 15 is 0 Å². The van der Waals surface area contributed by atoms with Gasteiger partial charge in [0.2, 0.25) is 11.8 Å². The van der Waals surface area contributed by atoms with Crippen molar-refractivity contribution in [3.8, 4) is 0 Å². The summed E-state index contributed by atoms with van der Waals surface area (Å²) in [5, 5.41) is 2.80. The van der Waals surface area contributed by atoms with Crippen LogP contribution in [0, 0.1) is 5.92 Å². The van der Waals surface area contributed by atoms with Crippen LogP contribution in [0.4, 0.5) is 0 Å². The summed E-state index contributed by atoms with van der Waals surface area (Å²) in [6, 6.07) is 0.0624. The maximum Gasteiger partial charge on any atom is 0.238 e. The summed E-state index contributed by atoms with van der Waals surface area (Å²) in [6.45, 7) is 7.76. The van der Waals surface area contributed by atoms with E-state index in [0.29, 0.717) is 0 Å². The molecule has 0 fully saturated rings. The van der Waals surface area contributed by atoms with Crippen molar-refractivity contribution in [2.75, 3.05) is 13.6 Å². The first kappa shape index (κ1) is 15.9. The first-order valence-corrected chi connectivity index (χ1v) is 5.79. The monoisotopic (exact) mass is 244 g/mol. The van der Waals surface area contributed by atoms with Crippen LogP contribution in [-0.4, -0.2) is 42.4 Å².